The first kappa shape index (κ1) is 17.1. The van der Waals surface area contributed by atoms with Gasteiger partial charge >= 0.3 is 0 Å². The summed E-state index contributed by atoms with van der Waals surface area (Å²) in [5.74, 6) is 0.244. The minimum Gasteiger partial charge on any atom is -0.545 e. The zero-order valence-electron chi connectivity index (χ0n) is 15.1. The van der Waals surface area contributed by atoms with Crippen LogP contribution in [0.15, 0.2) is 42.5 Å². The van der Waals surface area contributed by atoms with Crippen LogP contribution in [0.4, 0.5) is 0 Å². The largest absolute Gasteiger partial charge is 0.545 e. The lowest BCUT2D eigenvalue weighted by atomic mass is 10.0. The van der Waals surface area contributed by atoms with Crippen molar-refractivity contribution in [2.75, 3.05) is 14.2 Å². The highest BCUT2D eigenvalue weighted by atomic mass is 16.5. The fraction of sp³-hybridized carbons (Fsp3) is 0.182. The Hall–Kier alpha value is -3.34. The molecular weight excluding hydrogens is 342 g/mol. The molecule has 2 aromatic carbocycles. The number of aromatic carboxylic acids is 1. The van der Waals surface area contributed by atoms with E-state index in [-0.39, 0.29) is 5.56 Å². The van der Waals surface area contributed by atoms with Gasteiger partial charge in [-0.3, -0.25) is 0 Å². The molecule has 4 rings (SSSR count). The highest BCUT2D eigenvalue weighted by Crippen LogP contribution is 2.38. The first-order valence-corrected chi connectivity index (χ1v) is 8.68. The van der Waals surface area contributed by atoms with Gasteiger partial charge in [0.2, 0.25) is 0 Å². The molecule has 0 bridgehead atoms. The second kappa shape index (κ2) is 6.76. The summed E-state index contributed by atoms with van der Waals surface area (Å²) < 4.78 is 10.7. The Bertz CT molecular complexity index is 1090. The summed E-state index contributed by atoms with van der Waals surface area (Å²) >= 11 is 0. The van der Waals surface area contributed by atoms with Crippen LogP contribution in [-0.2, 0) is 6.42 Å². The number of methoxy groups -OCH3 is 2. The number of carbonyl (C=O) groups excluding carboxylic acids is 1. The number of hydrogen-bond acceptors (Lipinski definition) is 5. The van der Waals surface area contributed by atoms with Gasteiger partial charge < -0.3 is 19.4 Å². The van der Waals surface area contributed by atoms with E-state index in [1.807, 2.05) is 42.5 Å². The van der Waals surface area contributed by atoms with Gasteiger partial charge in [0, 0.05) is 22.6 Å². The van der Waals surface area contributed by atoms with Gasteiger partial charge in [0.05, 0.1) is 31.4 Å². The molecule has 1 aliphatic rings. The van der Waals surface area contributed by atoms with Crippen molar-refractivity contribution in [2.24, 2.45) is 0 Å². The van der Waals surface area contributed by atoms with Gasteiger partial charge in [-0.15, -0.1) is 0 Å². The molecule has 1 heterocycles. The molecule has 3 aromatic rings. The molecular formula is C22H18NO4-. The predicted octanol–water partition coefficient (Wildman–Crippen LogP) is 3.10. The van der Waals surface area contributed by atoms with Crippen molar-refractivity contribution in [3.05, 3.63) is 64.8 Å². The third kappa shape index (κ3) is 2.91. The van der Waals surface area contributed by atoms with Gasteiger partial charge in [-0.1, -0.05) is 18.2 Å². The van der Waals surface area contributed by atoms with Gasteiger partial charge in [-0.05, 0) is 48.3 Å². The molecule has 0 saturated carbocycles. The molecule has 1 aromatic heterocycles. The Labute approximate surface area is 156 Å². The van der Waals surface area contributed by atoms with Gasteiger partial charge in [-0.2, -0.15) is 0 Å². The highest BCUT2D eigenvalue weighted by molar-refractivity contribution is 6.05. The molecule has 27 heavy (non-hydrogen) atoms. The van der Waals surface area contributed by atoms with Crippen LogP contribution in [0.2, 0.25) is 0 Å². The molecule has 0 N–H and O–H groups in total. The molecule has 0 amide bonds. The van der Waals surface area contributed by atoms with E-state index in [9.17, 15) is 9.90 Å². The van der Waals surface area contributed by atoms with Crippen LogP contribution < -0.4 is 14.6 Å². The van der Waals surface area contributed by atoms with E-state index in [0.717, 1.165) is 22.4 Å². The zero-order chi connectivity index (χ0) is 19.0. The van der Waals surface area contributed by atoms with Crippen LogP contribution in [0.3, 0.4) is 0 Å². The number of fused-ring (bicyclic) bond motifs is 2. The zero-order valence-corrected chi connectivity index (χ0v) is 15.1. The van der Waals surface area contributed by atoms with Crippen molar-refractivity contribution in [3.63, 3.8) is 0 Å². The molecule has 0 spiro atoms. The third-order valence-corrected chi connectivity index (χ3v) is 4.92. The second-order valence-corrected chi connectivity index (χ2v) is 6.40. The lowest BCUT2D eigenvalue weighted by Gasteiger charge is -2.13. The van der Waals surface area contributed by atoms with Crippen molar-refractivity contribution in [1.82, 2.24) is 4.98 Å². The van der Waals surface area contributed by atoms with Gasteiger partial charge in [0.1, 0.15) is 11.5 Å². The van der Waals surface area contributed by atoms with E-state index in [1.54, 1.807) is 20.3 Å². The molecule has 0 fully saturated rings. The quantitative estimate of drug-likeness (QED) is 0.715. The maximum Gasteiger partial charge on any atom is 0.129 e. The second-order valence-electron chi connectivity index (χ2n) is 6.40. The Balaban J connectivity index is 1.89. The van der Waals surface area contributed by atoms with Crippen LogP contribution in [0.5, 0.6) is 11.5 Å². The Morgan fingerprint density at radius 2 is 1.93 bits per heavy atom. The standard InChI is InChI=1S/C22H19NO4/c1-26-15-9-7-13(19(12-15)27-2)11-14-8-10-17-20(22(24)25)16-5-3-4-6-18(16)23-21(14)17/h3-7,9,11-12H,8,10H2,1-2H3,(H,24,25)/p-1/b14-11+. The maximum atomic E-state index is 11.8. The average molecular weight is 360 g/mol. The highest BCUT2D eigenvalue weighted by Gasteiger charge is 2.24. The van der Waals surface area contributed by atoms with Crippen LogP contribution in [-0.4, -0.2) is 25.2 Å². The van der Waals surface area contributed by atoms with E-state index in [4.69, 9.17) is 14.5 Å². The molecule has 0 aliphatic heterocycles. The van der Waals surface area contributed by atoms with Gasteiger partial charge in [0.15, 0.2) is 0 Å². The Morgan fingerprint density at radius 3 is 2.67 bits per heavy atom. The van der Waals surface area contributed by atoms with Gasteiger partial charge in [0.25, 0.3) is 0 Å². The lowest BCUT2D eigenvalue weighted by Crippen LogP contribution is -2.24. The normalized spacial score (nSPS) is 14.4. The maximum absolute atomic E-state index is 11.8. The van der Waals surface area contributed by atoms with E-state index in [0.29, 0.717) is 35.2 Å². The summed E-state index contributed by atoms with van der Waals surface area (Å²) in [6.45, 7) is 0. The number of pyridine rings is 1. The number of nitrogens with zero attached hydrogens (tertiary/aromatic N) is 1. The van der Waals surface area contributed by atoms with Crippen LogP contribution in [0.25, 0.3) is 22.6 Å². The summed E-state index contributed by atoms with van der Waals surface area (Å²) in [5.41, 5.74) is 4.26. The number of carbonyl (C=O) groups is 1. The SMILES string of the molecule is COc1ccc(/C=C2\CCc3c2nc2ccccc2c3C(=O)[O-])c(OC)c1. The van der Waals surface area contributed by atoms with Crippen molar-refractivity contribution in [3.8, 4) is 11.5 Å². The summed E-state index contributed by atoms with van der Waals surface area (Å²) in [6.07, 6.45) is 3.35. The van der Waals surface area contributed by atoms with Crippen molar-refractivity contribution >= 4 is 28.5 Å². The van der Waals surface area contributed by atoms with Crippen LogP contribution in [0, 0.1) is 0 Å². The van der Waals surface area contributed by atoms with Crippen LogP contribution in [0.1, 0.15) is 33.6 Å². The minimum atomic E-state index is -1.16. The third-order valence-electron chi connectivity index (χ3n) is 4.92. The molecule has 0 saturated heterocycles. The molecule has 0 atom stereocenters. The molecule has 1 aliphatic carbocycles. The fourth-order valence-corrected chi connectivity index (χ4v) is 3.64. The first-order chi connectivity index (χ1) is 13.1. The number of hydrogen-bond donors (Lipinski definition) is 0. The number of ether oxygens (including phenoxy) is 2. The first-order valence-electron chi connectivity index (χ1n) is 8.68. The average Bonchev–Trinajstić information content (AvgIpc) is 3.08. The molecule has 136 valence electrons. The molecule has 0 unspecified atom stereocenters. The van der Waals surface area contributed by atoms with Crippen molar-refractivity contribution in [1.29, 1.82) is 0 Å². The summed E-state index contributed by atoms with van der Waals surface area (Å²) in [6, 6.07) is 12.9. The van der Waals surface area contributed by atoms with E-state index >= 15 is 0 Å². The van der Waals surface area contributed by atoms with Gasteiger partial charge in [-0.25, -0.2) is 4.98 Å². The number of carboxylic acids is 1. The summed E-state index contributed by atoms with van der Waals surface area (Å²) in [7, 11) is 3.22. The smallest absolute Gasteiger partial charge is 0.129 e. The van der Waals surface area contributed by atoms with E-state index in [1.165, 1.54) is 0 Å². The fourth-order valence-electron chi connectivity index (χ4n) is 3.64. The van der Waals surface area contributed by atoms with Crippen LogP contribution >= 0.6 is 0 Å². The molecule has 5 nitrogen and oxygen atoms in total. The summed E-state index contributed by atoms with van der Waals surface area (Å²) in [4.78, 5) is 16.6. The lowest BCUT2D eigenvalue weighted by molar-refractivity contribution is -0.254. The molecule has 0 radical (unpaired) electrons. The van der Waals surface area contributed by atoms with E-state index < -0.39 is 5.97 Å². The number of aromatic nitrogens is 1. The number of allylic oxidation sites excluding steroid dienone is 1. The molecule has 5 heteroatoms. The van der Waals surface area contributed by atoms with E-state index in [2.05, 4.69) is 0 Å². The summed E-state index contributed by atoms with van der Waals surface area (Å²) in [5, 5.41) is 12.4. The minimum absolute atomic E-state index is 0.251. The predicted molar refractivity (Wildman–Crippen MR) is 102 cm³/mol. The monoisotopic (exact) mass is 360 g/mol. The number of benzene rings is 2. The van der Waals surface area contributed by atoms with Crippen molar-refractivity contribution in [2.45, 2.75) is 12.8 Å². The Morgan fingerprint density at radius 1 is 1.11 bits per heavy atom. The number of rotatable bonds is 4. The Kier molecular flexibility index (Phi) is 4.28. The van der Waals surface area contributed by atoms with Crippen molar-refractivity contribution < 1.29 is 19.4 Å². The number of para-hydroxylation sites is 1. The topological polar surface area (TPSA) is 71.5 Å². The number of carboxylic acid groups (broad SMARTS) is 1.